The van der Waals surface area contributed by atoms with Crippen molar-refractivity contribution in [3.8, 4) is 0 Å². The van der Waals surface area contributed by atoms with Crippen LogP contribution in [0.5, 0.6) is 0 Å². The molecule has 0 unspecified atom stereocenters. The number of hydrogen-bond donors (Lipinski definition) is 2. The van der Waals surface area contributed by atoms with Gasteiger partial charge in [-0.3, -0.25) is 4.79 Å². The molecule has 1 aromatic heterocycles. The Labute approximate surface area is 91.7 Å². The molecule has 0 aliphatic rings. The van der Waals surface area contributed by atoms with E-state index in [1.807, 2.05) is 0 Å². The van der Waals surface area contributed by atoms with Crippen LogP contribution in [0.15, 0.2) is 41.1 Å². The van der Waals surface area contributed by atoms with E-state index >= 15 is 0 Å². The fourth-order valence-corrected chi connectivity index (χ4v) is 1.30. The molecular weight excluding hydrogens is 208 g/mol. The van der Waals surface area contributed by atoms with Crippen LogP contribution >= 0.6 is 0 Å². The van der Waals surface area contributed by atoms with Crippen molar-refractivity contribution in [2.24, 2.45) is 0 Å². The van der Waals surface area contributed by atoms with Gasteiger partial charge < -0.3 is 14.9 Å². The molecule has 2 aromatic rings. The number of carbonyl (C=O) groups is 1. The van der Waals surface area contributed by atoms with Crippen molar-refractivity contribution in [3.05, 3.63) is 47.9 Å². The van der Waals surface area contributed by atoms with Crippen molar-refractivity contribution in [2.45, 2.75) is 6.61 Å². The number of anilines is 1. The molecule has 2 N–H and O–H groups in total. The third-order valence-corrected chi connectivity index (χ3v) is 2.11. The van der Waals surface area contributed by atoms with Gasteiger partial charge in [0.15, 0.2) is 5.69 Å². The lowest BCUT2D eigenvalue weighted by molar-refractivity contribution is 0.101. The van der Waals surface area contributed by atoms with Gasteiger partial charge in [-0.1, -0.05) is 23.4 Å². The molecule has 0 aliphatic carbocycles. The van der Waals surface area contributed by atoms with Crippen LogP contribution < -0.4 is 5.32 Å². The van der Waals surface area contributed by atoms with Gasteiger partial charge in [0.2, 0.25) is 0 Å². The Bertz CT molecular complexity index is 480. The first-order valence-electron chi connectivity index (χ1n) is 4.72. The standard InChI is InChI=1S/C11H10N2O3/c14-7-8-3-1-2-4-9(8)12-11(15)10-5-6-16-13-10/h1-6,14H,7H2,(H,12,15). The number of aromatic nitrogens is 1. The van der Waals surface area contributed by atoms with Crippen molar-refractivity contribution in [3.63, 3.8) is 0 Å². The number of benzene rings is 1. The summed E-state index contributed by atoms with van der Waals surface area (Å²) in [5, 5.41) is 15.2. The second-order valence-corrected chi connectivity index (χ2v) is 3.15. The first-order valence-corrected chi connectivity index (χ1v) is 4.72. The van der Waals surface area contributed by atoms with Gasteiger partial charge in [-0.2, -0.15) is 0 Å². The Morgan fingerprint density at radius 3 is 2.88 bits per heavy atom. The van der Waals surface area contributed by atoms with Gasteiger partial charge in [0.05, 0.1) is 6.61 Å². The molecule has 2 rings (SSSR count). The van der Waals surface area contributed by atoms with Crippen LogP contribution in [0.25, 0.3) is 0 Å². The molecule has 0 bridgehead atoms. The molecule has 0 atom stereocenters. The predicted octanol–water partition coefficient (Wildman–Crippen LogP) is 1.42. The molecule has 5 nitrogen and oxygen atoms in total. The molecule has 0 radical (unpaired) electrons. The van der Waals surface area contributed by atoms with Crippen molar-refractivity contribution in [1.82, 2.24) is 5.16 Å². The van der Waals surface area contributed by atoms with Gasteiger partial charge >= 0.3 is 0 Å². The summed E-state index contributed by atoms with van der Waals surface area (Å²) in [6.45, 7) is -0.130. The number of nitrogens with one attached hydrogen (secondary N) is 1. The highest BCUT2D eigenvalue weighted by atomic mass is 16.5. The first kappa shape index (κ1) is 10.4. The van der Waals surface area contributed by atoms with Crippen molar-refractivity contribution >= 4 is 11.6 Å². The summed E-state index contributed by atoms with van der Waals surface area (Å²) < 4.78 is 4.57. The van der Waals surface area contributed by atoms with E-state index in [0.717, 1.165) is 0 Å². The van der Waals surface area contributed by atoms with Crippen LogP contribution in [0, 0.1) is 0 Å². The van der Waals surface area contributed by atoms with Gasteiger partial charge in [0, 0.05) is 17.3 Å². The minimum absolute atomic E-state index is 0.130. The maximum atomic E-state index is 11.6. The highest BCUT2D eigenvalue weighted by Crippen LogP contribution is 2.15. The van der Waals surface area contributed by atoms with Crippen LogP contribution in [-0.4, -0.2) is 16.2 Å². The van der Waals surface area contributed by atoms with Crippen molar-refractivity contribution < 1.29 is 14.4 Å². The van der Waals surface area contributed by atoms with Crippen LogP contribution in [0.3, 0.4) is 0 Å². The van der Waals surface area contributed by atoms with Gasteiger partial charge in [-0.25, -0.2) is 0 Å². The molecule has 0 fully saturated rings. The lowest BCUT2D eigenvalue weighted by Crippen LogP contribution is -2.13. The molecule has 0 spiro atoms. The van der Waals surface area contributed by atoms with Crippen molar-refractivity contribution in [1.29, 1.82) is 0 Å². The third kappa shape index (κ3) is 2.09. The Hall–Kier alpha value is -2.14. The average Bonchev–Trinajstić information content (AvgIpc) is 2.83. The second-order valence-electron chi connectivity index (χ2n) is 3.15. The molecule has 1 heterocycles. The van der Waals surface area contributed by atoms with E-state index in [4.69, 9.17) is 5.11 Å². The van der Waals surface area contributed by atoms with E-state index in [0.29, 0.717) is 11.3 Å². The summed E-state index contributed by atoms with van der Waals surface area (Å²) in [5.74, 6) is -0.366. The number of carbonyl (C=O) groups excluding carboxylic acids is 1. The first-order chi connectivity index (χ1) is 7.81. The van der Waals surface area contributed by atoms with Crippen LogP contribution in [0.2, 0.25) is 0 Å². The SMILES string of the molecule is O=C(Nc1ccccc1CO)c1ccon1. The number of aliphatic hydroxyl groups excluding tert-OH is 1. The summed E-state index contributed by atoms with van der Waals surface area (Å²) in [7, 11) is 0. The van der Waals surface area contributed by atoms with Gasteiger partial charge in [0.25, 0.3) is 5.91 Å². The number of para-hydroxylation sites is 1. The fraction of sp³-hybridized carbons (Fsp3) is 0.0909. The van der Waals surface area contributed by atoms with E-state index in [2.05, 4.69) is 15.0 Å². The van der Waals surface area contributed by atoms with Gasteiger partial charge in [-0.15, -0.1) is 0 Å². The van der Waals surface area contributed by atoms with Crippen LogP contribution in [0.4, 0.5) is 5.69 Å². The maximum absolute atomic E-state index is 11.6. The van der Waals surface area contributed by atoms with Crippen molar-refractivity contribution in [2.75, 3.05) is 5.32 Å². The number of aliphatic hydroxyl groups is 1. The topological polar surface area (TPSA) is 75.4 Å². The predicted molar refractivity (Wildman–Crippen MR) is 56.8 cm³/mol. The minimum atomic E-state index is -0.366. The smallest absolute Gasteiger partial charge is 0.277 e. The highest BCUT2D eigenvalue weighted by molar-refractivity contribution is 6.03. The second kappa shape index (κ2) is 4.59. The third-order valence-electron chi connectivity index (χ3n) is 2.11. The number of rotatable bonds is 3. The Balaban J connectivity index is 2.18. The highest BCUT2D eigenvalue weighted by Gasteiger charge is 2.10. The summed E-state index contributed by atoms with van der Waals surface area (Å²) in [6.07, 6.45) is 1.33. The molecule has 82 valence electrons. The number of nitrogens with zero attached hydrogens (tertiary/aromatic N) is 1. The van der Waals surface area contributed by atoms with Gasteiger partial charge in [0.1, 0.15) is 6.26 Å². The Morgan fingerprint density at radius 2 is 2.19 bits per heavy atom. The molecule has 1 amide bonds. The lowest BCUT2D eigenvalue weighted by Gasteiger charge is -2.07. The largest absolute Gasteiger partial charge is 0.392 e. The molecule has 0 saturated heterocycles. The monoisotopic (exact) mass is 218 g/mol. The van der Waals surface area contributed by atoms with E-state index in [1.165, 1.54) is 12.3 Å². The minimum Gasteiger partial charge on any atom is -0.392 e. The van der Waals surface area contributed by atoms with Crippen LogP contribution in [-0.2, 0) is 6.61 Å². The summed E-state index contributed by atoms with van der Waals surface area (Å²) >= 11 is 0. The van der Waals surface area contributed by atoms with E-state index in [9.17, 15) is 4.79 Å². The summed E-state index contributed by atoms with van der Waals surface area (Å²) in [5.41, 5.74) is 1.42. The quantitative estimate of drug-likeness (QED) is 0.816. The zero-order valence-electron chi connectivity index (χ0n) is 8.38. The van der Waals surface area contributed by atoms with E-state index in [1.54, 1.807) is 24.3 Å². The maximum Gasteiger partial charge on any atom is 0.277 e. The summed E-state index contributed by atoms with van der Waals surface area (Å²) in [6, 6.07) is 8.48. The normalized spacial score (nSPS) is 10.1. The lowest BCUT2D eigenvalue weighted by atomic mass is 10.2. The number of hydrogen-bond acceptors (Lipinski definition) is 4. The zero-order chi connectivity index (χ0) is 11.4. The number of amides is 1. The van der Waals surface area contributed by atoms with E-state index < -0.39 is 0 Å². The Morgan fingerprint density at radius 1 is 1.38 bits per heavy atom. The molecule has 0 aliphatic heterocycles. The van der Waals surface area contributed by atoms with E-state index in [-0.39, 0.29) is 18.2 Å². The molecule has 1 aromatic carbocycles. The molecule has 0 saturated carbocycles. The summed E-state index contributed by atoms with van der Waals surface area (Å²) in [4.78, 5) is 11.6. The van der Waals surface area contributed by atoms with Crippen LogP contribution in [0.1, 0.15) is 16.1 Å². The Kier molecular flexibility index (Phi) is 2.98. The van der Waals surface area contributed by atoms with Gasteiger partial charge in [-0.05, 0) is 6.07 Å². The average molecular weight is 218 g/mol. The molecule has 5 heteroatoms. The fourth-order valence-electron chi connectivity index (χ4n) is 1.30. The zero-order valence-corrected chi connectivity index (χ0v) is 8.38. The molecular formula is C11H10N2O3. The molecule has 16 heavy (non-hydrogen) atoms.